The highest BCUT2D eigenvalue weighted by Gasteiger charge is 2.34. The van der Waals surface area contributed by atoms with Gasteiger partial charge in [0.15, 0.2) is 0 Å². The molecular formula is C17H23BrClNO. The Labute approximate surface area is 140 Å². The van der Waals surface area contributed by atoms with Crippen molar-refractivity contribution < 1.29 is 4.79 Å². The van der Waals surface area contributed by atoms with Crippen molar-refractivity contribution in [2.45, 2.75) is 46.0 Å². The van der Waals surface area contributed by atoms with E-state index in [4.69, 9.17) is 11.6 Å². The summed E-state index contributed by atoms with van der Waals surface area (Å²) in [5.74, 6) is 0.640. The minimum absolute atomic E-state index is 0.0283. The Morgan fingerprint density at radius 3 is 2.62 bits per heavy atom. The molecule has 1 aliphatic carbocycles. The molecule has 0 radical (unpaired) electrons. The summed E-state index contributed by atoms with van der Waals surface area (Å²) in [6.45, 7) is 5.30. The van der Waals surface area contributed by atoms with Crippen LogP contribution in [0.2, 0.25) is 5.02 Å². The topological polar surface area (TPSA) is 29.1 Å². The van der Waals surface area contributed by atoms with Gasteiger partial charge in [0, 0.05) is 16.6 Å². The summed E-state index contributed by atoms with van der Waals surface area (Å²) in [4.78, 5) is 12.3. The van der Waals surface area contributed by atoms with Crippen molar-refractivity contribution in [1.82, 2.24) is 5.32 Å². The van der Waals surface area contributed by atoms with Crippen LogP contribution in [0.3, 0.4) is 0 Å². The number of nitrogens with one attached hydrogen (secondary N) is 1. The van der Waals surface area contributed by atoms with Gasteiger partial charge in [-0.25, -0.2) is 0 Å². The second kappa shape index (κ2) is 7.15. The molecule has 2 nitrogen and oxygen atoms in total. The van der Waals surface area contributed by atoms with Gasteiger partial charge in [0.1, 0.15) is 0 Å². The largest absolute Gasteiger partial charge is 0.351 e. The number of amides is 1. The predicted octanol–water partition coefficient (Wildman–Crippen LogP) is 5.44. The maximum absolute atomic E-state index is 12.3. The van der Waals surface area contributed by atoms with Crippen LogP contribution in [0.15, 0.2) is 22.7 Å². The highest BCUT2D eigenvalue weighted by atomic mass is 79.9. The number of benzene rings is 1. The van der Waals surface area contributed by atoms with Gasteiger partial charge >= 0.3 is 0 Å². The van der Waals surface area contributed by atoms with Crippen molar-refractivity contribution >= 4 is 33.4 Å². The molecule has 21 heavy (non-hydrogen) atoms. The van der Waals surface area contributed by atoms with Crippen LogP contribution in [0.25, 0.3) is 0 Å². The lowest BCUT2D eigenvalue weighted by Crippen LogP contribution is -2.36. The molecule has 116 valence electrons. The Balaban J connectivity index is 2.00. The normalized spacial score (nSPS) is 17.2. The Bertz CT molecular complexity index is 510. The summed E-state index contributed by atoms with van der Waals surface area (Å²) in [7, 11) is 0. The van der Waals surface area contributed by atoms with Gasteiger partial charge in [0.2, 0.25) is 0 Å². The van der Waals surface area contributed by atoms with Crippen molar-refractivity contribution in [3.8, 4) is 0 Å². The Morgan fingerprint density at radius 1 is 1.38 bits per heavy atom. The molecule has 1 aromatic carbocycles. The highest BCUT2D eigenvalue weighted by molar-refractivity contribution is 9.10. The molecule has 0 heterocycles. The number of hydrogen-bond donors (Lipinski definition) is 1. The molecule has 0 spiro atoms. The van der Waals surface area contributed by atoms with Gasteiger partial charge in [-0.15, -0.1) is 0 Å². The smallest absolute Gasteiger partial charge is 0.251 e. The maximum atomic E-state index is 12.3. The van der Waals surface area contributed by atoms with Gasteiger partial charge in [-0.05, 0) is 64.7 Å². The summed E-state index contributed by atoms with van der Waals surface area (Å²) in [6, 6.07) is 5.33. The zero-order valence-corrected chi connectivity index (χ0v) is 15.1. The lowest BCUT2D eigenvalue weighted by atomic mass is 9.78. The van der Waals surface area contributed by atoms with Crippen molar-refractivity contribution in [1.29, 1.82) is 0 Å². The van der Waals surface area contributed by atoms with Crippen molar-refractivity contribution in [2.24, 2.45) is 11.3 Å². The van der Waals surface area contributed by atoms with Crippen molar-refractivity contribution in [2.75, 3.05) is 6.54 Å². The summed E-state index contributed by atoms with van der Waals surface area (Å²) in [5.41, 5.74) is 0.920. The van der Waals surface area contributed by atoms with Crippen LogP contribution in [-0.4, -0.2) is 12.5 Å². The van der Waals surface area contributed by atoms with E-state index in [9.17, 15) is 4.79 Å². The molecule has 1 amide bonds. The molecular weight excluding hydrogens is 350 g/mol. The molecule has 0 atom stereocenters. The number of halogens is 2. The highest BCUT2D eigenvalue weighted by Crippen LogP contribution is 2.42. The molecule has 0 aliphatic heterocycles. The van der Waals surface area contributed by atoms with E-state index in [0.29, 0.717) is 21.9 Å². The maximum Gasteiger partial charge on any atom is 0.251 e. The number of rotatable bonds is 5. The first-order chi connectivity index (χ1) is 9.92. The monoisotopic (exact) mass is 371 g/mol. The zero-order valence-electron chi connectivity index (χ0n) is 12.7. The molecule has 1 aromatic rings. The van der Waals surface area contributed by atoms with Gasteiger partial charge in [-0.1, -0.05) is 38.3 Å². The average Bonchev–Trinajstić information content (AvgIpc) is 2.87. The molecule has 0 saturated heterocycles. The van der Waals surface area contributed by atoms with E-state index >= 15 is 0 Å². The average molecular weight is 373 g/mol. The van der Waals surface area contributed by atoms with Gasteiger partial charge in [0.05, 0.1) is 5.02 Å². The summed E-state index contributed by atoms with van der Waals surface area (Å²) in [5, 5.41) is 3.69. The minimum atomic E-state index is -0.0283. The third-order valence-electron chi connectivity index (χ3n) is 4.31. The molecule has 1 N–H and O–H groups in total. The Hall–Kier alpha value is -0.540. The molecule has 1 aliphatic rings. The molecule has 2 rings (SSSR count). The van der Waals surface area contributed by atoms with E-state index in [1.165, 1.54) is 32.1 Å². The minimum Gasteiger partial charge on any atom is -0.351 e. The van der Waals surface area contributed by atoms with Gasteiger partial charge < -0.3 is 5.32 Å². The van der Waals surface area contributed by atoms with Crippen LogP contribution >= 0.6 is 27.5 Å². The predicted molar refractivity (Wildman–Crippen MR) is 91.8 cm³/mol. The van der Waals surface area contributed by atoms with E-state index < -0.39 is 0 Å². The number of carbonyl (C=O) groups excluding carboxylic acids is 1. The van der Waals surface area contributed by atoms with E-state index in [0.717, 1.165) is 11.0 Å². The van der Waals surface area contributed by atoms with Crippen LogP contribution in [0.1, 0.15) is 56.3 Å². The van der Waals surface area contributed by atoms with Crippen LogP contribution in [-0.2, 0) is 0 Å². The lowest BCUT2D eigenvalue weighted by molar-refractivity contribution is 0.0922. The van der Waals surface area contributed by atoms with E-state index in [1.807, 2.05) is 6.07 Å². The van der Waals surface area contributed by atoms with Crippen LogP contribution in [0, 0.1) is 11.3 Å². The first-order valence-corrected chi connectivity index (χ1v) is 8.82. The fourth-order valence-electron chi connectivity index (χ4n) is 3.45. The third-order valence-corrected chi connectivity index (χ3v) is 5.54. The summed E-state index contributed by atoms with van der Waals surface area (Å²) in [6.07, 6.45) is 6.22. The molecule has 0 aromatic heterocycles. The van der Waals surface area contributed by atoms with Crippen molar-refractivity contribution in [3.05, 3.63) is 33.3 Å². The van der Waals surface area contributed by atoms with E-state index in [-0.39, 0.29) is 5.91 Å². The first-order valence-electron chi connectivity index (χ1n) is 7.65. The first kappa shape index (κ1) is 16.8. The SMILES string of the molecule is CC(C)CC1(CNC(=O)c2ccc(Br)c(Cl)c2)CCCC1. The second-order valence-corrected chi connectivity index (χ2v) is 7.88. The Morgan fingerprint density at radius 2 is 2.05 bits per heavy atom. The molecule has 4 heteroatoms. The quantitative estimate of drug-likeness (QED) is 0.732. The summed E-state index contributed by atoms with van der Waals surface area (Å²) < 4.78 is 0.813. The third kappa shape index (κ3) is 4.46. The summed E-state index contributed by atoms with van der Waals surface area (Å²) >= 11 is 9.40. The van der Waals surface area contributed by atoms with Crippen molar-refractivity contribution in [3.63, 3.8) is 0 Å². The number of hydrogen-bond acceptors (Lipinski definition) is 1. The van der Waals surface area contributed by atoms with Crippen LogP contribution < -0.4 is 5.32 Å². The van der Waals surface area contributed by atoms with Gasteiger partial charge in [0.25, 0.3) is 5.91 Å². The Kier molecular flexibility index (Phi) is 5.73. The molecule has 1 saturated carbocycles. The van der Waals surface area contributed by atoms with Gasteiger partial charge in [-0.3, -0.25) is 4.79 Å². The molecule has 1 fully saturated rings. The fourth-order valence-corrected chi connectivity index (χ4v) is 3.88. The van der Waals surface area contributed by atoms with Crippen LogP contribution in [0.5, 0.6) is 0 Å². The molecule has 0 bridgehead atoms. The standard InChI is InChI=1S/C17H23BrClNO/c1-12(2)10-17(7-3-4-8-17)11-20-16(21)13-5-6-14(18)15(19)9-13/h5-6,9,12H,3-4,7-8,10-11H2,1-2H3,(H,20,21). The van der Waals surface area contributed by atoms with Crippen LogP contribution in [0.4, 0.5) is 0 Å². The second-order valence-electron chi connectivity index (χ2n) is 6.62. The number of carbonyl (C=O) groups is 1. The lowest BCUT2D eigenvalue weighted by Gasteiger charge is -2.31. The van der Waals surface area contributed by atoms with Gasteiger partial charge in [-0.2, -0.15) is 0 Å². The van der Waals surface area contributed by atoms with E-state index in [1.54, 1.807) is 12.1 Å². The fraction of sp³-hybridized carbons (Fsp3) is 0.588. The van der Waals surface area contributed by atoms with E-state index in [2.05, 4.69) is 35.1 Å². The molecule has 0 unspecified atom stereocenters. The zero-order chi connectivity index (χ0) is 15.5.